The van der Waals surface area contributed by atoms with Gasteiger partial charge in [0.15, 0.2) is 0 Å². The largest absolute Gasteiger partial charge is 0.496 e. The SMILES string of the molecule is COC(=O)c1cc2c(Oc3ccc(NC(=O)C4(C(=O)Nc5ccc(F)cc5)CC4)cc3Cl)ccnc2cc1OC.COc1cc2nccc(Oc3ccc(NC(=O)C4(C(=O)Nc5ccc(F)cc5)CC4)cc3Cl)c2cc1C(=O)O. The highest BCUT2D eigenvalue weighted by molar-refractivity contribution is 6.33. The third kappa shape index (κ3) is 11.8. The van der Waals surface area contributed by atoms with Gasteiger partial charge in [0, 0.05) is 58.0 Å². The van der Waals surface area contributed by atoms with Gasteiger partial charge in [0.1, 0.15) is 68.1 Å². The smallest absolute Gasteiger partial charge is 0.341 e. The summed E-state index contributed by atoms with van der Waals surface area (Å²) in [6.07, 6.45) is 4.57. The molecule has 2 aromatic heterocycles. The van der Waals surface area contributed by atoms with Gasteiger partial charge in [-0.2, -0.15) is 0 Å². The number of hydrogen-bond acceptors (Lipinski definition) is 13. The summed E-state index contributed by atoms with van der Waals surface area (Å²) in [7, 11) is 4.09. The number of nitrogens with zero attached hydrogens (tertiary/aromatic N) is 2. The van der Waals surface area contributed by atoms with Gasteiger partial charge < -0.3 is 50.1 Å². The maximum absolute atomic E-state index is 13.2. The van der Waals surface area contributed by atoms with Crippen molar-refractivity contribution in [3.63, 3.8) is 0 Å². The zero-order chi connectivity index (χ0) is 56.2. The first-order valence-electron chi connectivity index (χ1n) is 23.9. The Balaban J connectivity index is 0.000000192. The van der Waals surface area contributed by atoms with Crippen molar-refractivity contribution in [2.45, 2.75) is 25.7 Å². The quantitative estimate of drug-likeness (QED) is 0.0447. The molecule has 2 fully saturated rings. The number of aromatic carboxylic acids is 1. The summed E-state index contributed by atoms with van der Waals surface area (Å²) < 4.78 is 53.6. The van der Waals surface area contributed by atoms with E-state index in [0.717, 1.165) is 0 Å². The second-order valence-electron chi connectivity index (χ2n) is 18.0. The number of carbonyl (C=O) groups excluding carboxylic acids is 5. The Labute approximate surface area is 457 Å². The molecular formula is C57H44Cl2F2N6O12. The highest BCUT2D eigenvalue weighted by atomic mass is 35.5. The molecule has 8 aromatic rings. The summed E-state index contributed by atoms with van der Waals surface area (Å²) in [6.45, 7) is 0. The van der Waals surface area contributed by atoms with Crippen LogP contribution < -0.4 is 40.2 Å². The van der Waals surface area contributed by atoms with Gasteiger partial charge in [-0.3, -0.25) is 29.1 Å². The third-order valence-electron chi connectivity index (χ3n) is 12.9. The number of fused-ring (bicyclic) bond motifs is 2. The average Bonchev–Trinajstić information content (AvgIpc) is 4.57. The zero-order valence-electron chi connectivity index (χ0n) is 41.9. The van der Waals surface area contributed by atoms with Crippen LogP contribution >= 0.6 is 23.2 Å². The molecule has 0 aliphatic heterocycles. The van der Waals surface area contributed by atoms with Crippen molar-refractivity contribution in [2.24, 2.45) is 10.8 Å². The Morgan fingerprint density at radius 2 is 0.848 bits per heavy atom. The lowest BCUT2D eigenvalue weighted by molar-refractivity contribution is -0.132. The number of hydrogen-bond donors (Lipinski definition) is 5. The summed E-state index contributed by atoms with van der Waals surface area (Å²) in [5.41, 5.74) is 0.217. The van der Waals surface area contributed by atoms with Gasteiger partial charge >= 0.3 is 11.9 Å². The number of amides is 4. The van der Waals surface area contributed by atoms with Crippen molar-refractivity contribution in [2.75, 3.05) is 42.6 Å². The van der Waals surface area contributed by atoms with E-state index in [1.165, 1.54) is 100 Å². The molecule has 2 aliphatic carbocycles. The molecule has 0 saturated heterocycles. The first-order chi connectivity index (χ1) is 37.9. The first-order valence-corrected chi connectivity index (χ1v) is 24.7. The minimum absolute atomic E-state index is 0.0514. The summed E-state index contributed by atoms with van der Waals surface area (Å²) in [5, 5.41) is 21.7. The van der Waals surface area contributed by atoms with Gasteiger partial charge in [-0.25, -0.2) is 18.4 Å². The van der Waals surface area contributed by atoms with E-state index < -0.39 is 58.0 Å². The van der Waals surface area contributed by atoms with Crippen LogP contribution in [0.15, 0.2) is 134 Å². The van der Waals surface area contributed by atoms with Crippen LogP contribution in [0.25, 0.3) is 21.8 Å². The molecule has 0 radical (unpaired) electrons. The molecule has 22 heteroatoms. The van der Waals surface area contributed by atoms with Crippen LogP contribution in [0, 0.1) is 22.5 Å². The van der Waals surface area contributed by atoms with Crippen molar-refractivity contribution in [3.8, 4) is 34.5 Å². The van der Waals surface area contributed by atoms with Gasteiger partial charge in [0.05, 0.1) is 42.4 Å². The van der Waals surface area contributed by atoms with Crippen LogP contribution in [0.4, 0.5) is 31.5 Å². The summed E-state index contributed by atoms with van der Waals surface area (Å²) in [4.78, 5) is 84.1. The molecule has 402 valence electrons. The molecule has 6 aromatic carbocycles. The van der Waals surface area contributed by atoms with Gasteiger partial charge in [-0.1, -0.05) is 23.2 Å². The molecule has 5 N–H and O–H groups in total. The van der Waals surface area contributed by atoms with E-state index in [0.29, 0.717) is 87.5 Å². The molecule has 4 amide bonds. The Bertz CT molecular complexity index is 3750. The van der Waals surface area contributed by atoms with Crippen LogP contribution in [-0.2, 0) is 23.9 Å². The van der Waals surface area contributed by atoms with Crippen molar-refractivity contribution >= 4 is 103 Å². The fourth-order valence-corrected chi connectivity index (χ4v) is 8.68. The van der Waals surface area contributed by atoms with Crippen LogP contribution in [0.2, 0.25) is 10.0 Å². The topological polar surface area (TPSA) is 243 Å². The Morgan fingerprint density at radius 3 is 1.20 bits per heavy atom. The number of aromatic nitrogens is 2. The number of carbonyl (C=O) groups is 6. The van der Waals surface area contributed by atoms with E-state index in [-0.39, 0.29) is 38.4 Å². The number of rotatable bonds is 16. The average molecular weight is 1110 g/mol. The van der Waals surface area contributed by atoms with Crippen LogP contribution in [-0.4, -0.2) is 72.0 Å². The number of halogens is 4. The number of pyridine rings is 2. The molecule has 2 heterocycles. The number of esters is 1. The van der Waals surface area contributed by atoms with Gasteiger partial charge in [-0.15, -0.1) is 0 Å². The van der Waals surface area contributed by atoms with Crippen LogP contribution in [0.5, 0.6) is 34.5 Å². The van der Waals surface area contributed by atoms with Crippen molar-refractivity contribution in [1.82, 2.24) is 9.97 Å². The van der Waals surface area contributed by atoms with E-state index >= 15 is 0 Å². The fraction of sp³-hybridized carbons (Fsp3) is 0.158. The summed E-state index contributed by atoms with van der Waals surface area (Å²) >= 11 is 12.9. The second kappa shape index (κ2) is 22.7. The van der Waals surface area contributed by atoms with Crippen LogP contribution in [0.3, 0.4) is 0 Å². The zero-order valence-corrected chi connectivity index (χ0v) is 43.4. The predicted octanol–water partition coefficient (Wildman–Crippen LogP) is 11.9. The molecule has 2 saturated carbocycles. The molecule has 0 atom stereocenters. The number of carboxylic acids is 1. The maximum Gasteiger partial charge on any atom is 0.341 e. The molecule has 18 nitrogen and oxygen atoms in total. The van der Waals surface area contributed by atoms with E-state index in [1.54, 1.807) is 54.7 Å². The normalized spacial score (nSPS) is 13.4. The number of carboxylic acid groups (broad SMARTS) is 1. The number of methoxy groups -OCH3 is 3. The standard InChI is InChI=1S/C29H23ClFN3O6.C28H21ClFN3O6/c1-38-25-15-22-19(14-20(25)26(35)39-2)23(9-12-32-22)40-24-8-7-18(13-21(24)30)34-28(37)29(10-11-29)27(36)33-17-5-3-16(31)4-6-17;1-38-24-14-21-18(13-19(24)25(34)35)22(8-11-31-21)39-23-7-6-17(12-20(23)29)33-27(37)28(9-10-28)26(36)32-16-4-2-15(30)3-5-16/h3-9,12-15H,10-11H2,1-2H3,(H,33,36)(H,34,37);2-8,11-14H,9-10H2,1H3,(H,32,36)(H,33,37)(H,34,35). The lowest BCUT2D eigenvalue weighted by Crippen LogP contribution is -2.35. The van der Waals surface area contributed by atoms with Crippen molar-refractivity contribution < 1.29 is 66.3 Å². The van der Waals surface area contributed by atoms with Crippen molar-refractivity contribution in [1.29, 1.82) is 0 Å². The van der Waals surface area contributed by atoms with E-state index in [4.69, 9.17) is 46.9 Å². The highest BCUT2D eigenvalue weighted by Gasteiger charge is 2.57. The molecule has 0 bridgehead atoms. The van der Waals surface area contributed by atoms with Crippen molar-refractivity contribution in [3.05, 3.63) is 167 Å². The summed E-state index contributed by atoms with van der Waals surface area (Å²) in [6, 6.07) is 29.2. The van der Waals surface area contributed by atoms with E-state index in [9.17, 15) is 42.7 Å². The van der Waals surface area contributed by atoms with Gasteiger partial charge in [0.2, 0.25) is 23.6 Å². The number of nitrogens with one attached hydrogen (secondary N) is 4. The number of ether oxygens (including phenoxy) is 5. The monoisotopic (exact) mass is 1110 g/mol. The molecule has 10 rings (SSSR count). The minimum Gasteiger partial charge on any atom is -0.496 e. The summed E-state index contributed by atoms with van der Waals surface area (Å²) in [5.74, 6) is -2.78. The number of anilines is 4. The minimum atomic E-state index is -1.23. The Kier molecular flexibility index (Phi) is 15.6. The second-order valence-corrected chi connectivity index (χ2v) is 18.9. The molecule has 79 heavy (non-hydrogen) atoms. The predicted molar refractivity (Wildman–Crippen MR) is 289 cm³/mol. The first kappa shape index (κ1) is 54.4. The maximum atomic E-state index is 13.2. The van der Waals surface area contributed by atoms with Crippen LogP contribution in [0.1, 0.15) is 46.4 Å². The Hall–Kier alpha value is -9.40. The van der Waals surface area contributed by atoms with E-state index in [1.807, 2.05) is 0 Å². The molecule has 0 spiro atoms. The number of benzene rings is 6. The molecule has 2 aliphatic rings. The highest BCUT2D eigenvalue weighted by Crippen LogP contribution is 2.49. The van der Waals surface area contributed by atoms with Gasteiger partial charge in [0.25, 0.3) is 0 Å². The molecule has 0 unspecified atom stereocenters. The third-order valence-corrected chi connectivity index (χ3v) is 13.5. The lowest BCUT2D eigenvalue weighted by atomic mass is 10.0. The Morgan fingerprint density at radius 1 is 0.481 bits per heavy atom. The van der Waals surface area contributed by atoms with Gasteiger partial charge in [-0.05, 0) is 135 Å². The molecular weight excluding hydrogens is 1070 g/mol. The van der Waals surface area contributed by atoms with E-state index in [2.05, 4.69) is 31.2 Å². The lowest BCUT2D eigenvalue weighted by Gasteiger charge is -2.16. The fourth-order valence-electron chi connectivity index (χ4n) is 8.24.